The Labute approximate surface area is 157 Å². The normalized spacial score (nSPS) is 15.6. The molecule has 8 nitrogen and oxygen atoms in total. The van der Waals surface area contributed by atoms with Crippen LogP contribution in [0.1, 0.15) is 24.2 Å². The number of rotatable bonds is 3. The first kappa shape index (κ1) is 18.4. The van der Waals surface area contributed by atoms with Crippen LogP contribution in [0.5, 0.6) is 5.75 Å². The van der Waals surface area contributed by atoms with Crippen LogP contribution >= 0.6 is 15.9 Å². The van der Waals surface area contributed by atoms with Crippen LogP contribution in [-0.2, 0) is 11.3 Å². The highest BCUT2D eigenvalue weighted by Gasteiger charge is 2.37. The lowest BCUT2D eigenvalue weighted by Gasteiger charge is -2.45. The Morgan fingerprint density at radius 2 is 2.04 bits per heavy atom. The maximum absolute atomic E-state index is 12.8. The van der Waals surface area contributed by atoms with E-state index in [1.165, 1.54) is 23.9 Å². The van der Waals surface area contributed by atoms with E-state index in [1.54, 1.807) is 4.90 Å². The van der Waals surface area contributed by atoms with Gasteiger partial charge in [-0.25, -0.2) is 4.98 Å². The molecule has 0 radical (unpaired) electrons. The molecular weight excluding hydrogens is 404 g/mol. The highest BCUT2D eigenvalue weighted by atomic mass is 79.9. The molecule has 9 heteroatoms. The maximum Gasteiger partial charge on any atom is 0.265 e. The second-order valence-corrected chi connectivity index (χ2v) is 7.93. The lowest BCUT2D eigenvalue weighted by molar-refractivity contribution is -0.142. The molecule has 1 fully saturated rings. The van der Waals surface area contributed by atoms with Crippen LogP contribution in [-0.4, -0.2) is 51.5 Å². The quantitative estimate of drug-likeness (QED) is 0.770. The zero-order chi connectivity index (χ0) is 19.2. The van der Waals surface area contributed by atoms with Crippen molar-refractivity contribution in [2.45, 2.75) is 20.4 Å². The van der Waals surface area contributed by atoms with Crippen LogP contribution in [0, 0.1) is 5.41 Å². The van der Waals surface area contributed by atoms with Gasteiger partial charge in [0.15, 0.2) is 0 Å². The second-order valence-electron chi connectivity index (χ2n) is 7.14. The number of amides is 2. The molecule has 0 unspecified atom stereocenters. The van der Waals surface area contributed by atoms with Gasteiger partial charge in [-0.2, -0.15) is 0 Å². The van der Waals surface area contributed by atoms with Crippen LogP contribution in [0.4, 0.5) is 0 Å². The van der Waals surface area contributed by atoms with Gasteiger partial charge in [-0.3, -0.25) is 19.0 Å². The van der Waals surface area contributed by atoms with Crippen LogP contribution < -0.4 is 10.9 Å². The maximum atomic E-state index is 12.8. The number of pyridine rings is 2. The van der Waals surface area contributed by atoms with E-state index >= 15 is 0 Å². The molecule has 2 aromatic rings. The van der Waals surface area contributed by atoms with E-state index in [0.29, 0.717) is 22.9 Å². The molecule has 1 saturated heterocycles. The van der Waals surface area contributed by atoms with Crippen LogP contribution in [0.25, 0.3) is 11.0 Å². The Morgan fingerprint density at radius 1 is 1.38 bits per heavy atom. The molecule has 0 bridgehead atoms. The van der Waals surface area contributed by atoms with E-state index in [0.717, 1.165) is 0 Å². The Morgan fingerprint density at radius 3 is 2.62 bits per heavy atom. The van der Waals surface area contributed by atoms with Gasteiger partial charge in [0.2, 0.25) is 5.91 Å². The summed E-state index contributed by atoms with van der Waals surface area (Å²) in [5.41, 5.74) is -0.431. The number of aromatic nitrogens is 2. The van der Waals surface area contributed by atoms with Crippen molar-refractivity contribution >= 4 is 38.8 Å². The molecule has 2 amide bonds. The summed E-state index contributed by atoms with van der Waals surface area (Å²) >= 11 is 3.25. The molecule has 0 saturated carbocycles. The number of halogens is 1. The van der Waals surface area contributed by atoms with Crippen molar-refractivity contribution in [1.82, 2.24) is 19.8 Å². The summed E-state index contributed by atoms with van der Waals surface area (Å²) in [6.45, 7) is 5.13. The average Bonchev–Trinajstić information content (AvgIpc) is 2.57. The number of hydrogen-bond donors (Lipinski definition) is 2. The van der Waals surface area contributed by atoms with Crippen molar-refractivity contribution in [1.29, 1.82) is 0 Å². The minimum Gasteiger partial charge on any atom is -0.505 e. The van der Waals surface area contributed by atoms with Crippen molar-refractivity contribution in [3.05, 3.63) is 32.7 Å². The summed E-state index contributed by atoms with van der Waals surface area (Å²) in [6, 6.07) is 1.36. The second kappa shape index (κ2) is 6.39. The third-order valence-electron chi connectivity index (χ3n) is 4.39. The van der Waals surface area contributed by atoms with Crippen LogP contribution in [0.3, 0.4) is 0 Å². The lowest BCUT2D eigenvalue weighted by Crippen LogP contribution is -2.56. The molecule has 26 heavy (non-hydrogen) atoms. The Balaban J connectivity index is 2.12. The third kappa shape index (κ3) is 3.07. The molecule has 138 valence electrons. The molecule has 3 heterocycles. The number of hydrogen-bond acceptors (Lipinski definition) is 5. The number of likely N-dealkylation sites (tertiary alicyclic amines) is 1. The summed E-state index contributed by atoms with van der Waals surface area (Å²) < 4.78 is 1.48. The zero-order valence-corrected chi connectivity index (χ0v) is 16.3. The van der Waals surface area contributed by atoms with E-state index in [1.807, 2.05) is 0 Å². The molecule has 2 N–H and O–H groups in total. The minimum atomic E-state index is -0.602. The molecule has 0 spiro atoms. The van der Waals surface area contributed by atoms with Crippen molar-refractivity contribution in [3.8, 4) is 5.75 Å². The smallest absolute Gasteiger partial charge is 0.265 e. The summed E-state index contributed by atoms with van der Waals surface area (Å²) in [7, 11) is 1.42. The van der Waals surface area contributed by atoms with E-state index < -0.39 is 11.5 Å². The van der Waals surface area contributed by atoms with Crippen molar-refractivity contribution in [3.63, 3.8) is 0 Å². The Bertz CT molecular complexity index is 975. The number of carbonyl (C=O) groups excluding carboxylic acids is 2. The fourth-order valence-electron chi connectivity index (χ4n) is 3.12. The van der Waals surface area contributed by atoms with Crippen molar-refractivity contribution in [2.75, 3.05) is 20.1 Å². The molecule has 0 aromatic carbocycles. The average molecular weight is 423 g/mol. The number of carbonyl (C=O) groups is 2. The topological polar surface area (TPSA) is 105 Å². The molecule has 3 rings (SSSR count). The number of fused-ring (bicyclic) bond motifs is 1. The SMILES string of the molecule is CNC(=O)c1cc2c(Br)c(O)cnc2n(CC(=O)N2CC(C)(C)C2)c1=O. The van der Waals surface area contributed by atoms with Gasteiger partial charge >= 0.3 is 0 Å². The zero-order valence-electron chi connectivity index (χ0n) is 14.7. The summed E-state index contributed by atoms with van der Waals surface area (Å²) in [5.74, 6) is -0.910. The monoisotopic (exact) mass is 422 g/mol. The van der Waals surface area contributed by atoms with Crippen molar-refractivity contribution < 1.29 is 14.7 Å². The van der Waals surface area contributed by atoms with E-state index in [4.69, 9.17) is 0 Å². The first-order valence-electron chi connectivity index (χ1n) is 8.05. The van der Waals surface area contributed by atoms with E-state index in [-0.39, 0.29) is 34.8 Å². The number of nitrogens with zero attached hydrogens (tertiary/aromatic N) is 3. The number of nitrogens with one attached hydrogen (secondary N) is 1. The molecule has 0 aliphatic carbocycles. The summed E-state index contributed by atoms with van der Waals surface area (Å²) in [6.07, 6.45) is 1.19. The van der Waals surface area contributed by atoms with Gasteiger partial charge in [-0.15, -0.1) is 0 Å². The molecule has 1 aliphatic heterocycles. The van der Waals surface area contributed by atoms with Gasteiger partial charge in [0, 0.05) is 25.5 Å². The van der Waals surface area contributed by atoms with Gasteiger partial charge in [-0.05, 0) is 27.4 Å². The summed E-state index contributed by atoms with van der Waals surface area (Å²) in [4.78, 5) is 43.2. The van der Waals surface area contributed by atoms with Gasteiger partial charge in [0.25, 0.3) is 11.5 Å². The fraction of sp³-hybridized carbons (Fsp3) is 0.412. The van der Waals surface area contributed by atoms with Crippen LogP contribution in [0.15, 0.2) is 21.5 Å². The first-order chi connectivity index (χ1) is 12.1. The molecular formula is C17H19BrN4O4. The Hall–Kier alpha value is -2.42. The van der Waals surface area contributed by atoms with Gasteiger partial charge < -0.3 is 15.3 Å². The molecule has 0 atom stereocenters. The van der Waals surface area contributed by atoms with Crippen molar-refractivity contribution in [2.24, 2.45) is 5.41 Å². The van der Waals surface area contributed by atoms with Gasteiger partial charge in [0.1, 0.15) is 23.5 Å². The third-order valence-corrected chi connectivity index (χ3v) is 5.22. The Kier molecular flexibility index (Phi) is 4.51. The van der Waals surface area contributed by atoms with Gasteiger partial charge in [0.05, 0.1) is 10.7 Å². The predicted molar refractivity (Wildman–Crippen MR) is 99.1 cm³/mol. The first-order valence-corrected chi connectivity index (χ1v) is 8.85. The van der Waals surface area contributed by atoms with Crippen LogP contribution in [0.2, 0.25) is 0 Å². The standard InChI is InChI=1S/C17H19BrN4O4/c1-17(2)7-21(8-17)12(24)6-22-14-9(13(18)11(23)5-20-14)4-10(16(22)26)15(25)19-3/h4-5,23H,6-8H2,1-3H3,(H,19,25). The molecule has 2 aromatic heterocycles. The highest BCUT2D eigenvalue weighted by molar-refractivity contribution is 9.10. The van der Waals surface area contributed by atoms with Gasteiger partial charge in [-0.1, -0.05) is 13.8 Å². The largest absolute Gasteiger partial charge is 0.505 e. The highest BCUT2D eigenvalue weighted by Crippen LogP contribution is 2.31. The summed E-state index contributed by atoms with van der Waals surface area (Å²) in [5, 5.41) is 12.7. The fourth-order valence-corrected chi connectivity index (χ4v) is 3.51. The predicted octanol–water partition coefficient (Wildman–Crippen LogP) is 1.09. The lowest BCUT2D eigenvalue weighted by atomic mass is 9.84. The minimum absolute atomic E-state index is 0.0691. The number of aromatic hydroxyl groups is 1. The van der Waals surface area contributed by atoms with E-state index in [9.17, 15) is 19.5 Å². The molecule has 1 aliphatic rings. The van der Waals surface area contributed by atoms with E-state index in [2.05, 4.69) is 40.1 Å².